The van der Waals surface area contributed by atoms with E-state index in [0.29, 0.717) is 11.4 Å². The summed E-state index contributed by atoms with van der Waals surface area (Å²) in [4.78, 5) is 12.1. The van der Waals surface area contributed by atoms with E-state index in [1.54, 1.807) is 24.3 Å². The average molecular weight is 375 g/mol. The Kier molecular flexibility index (Phi) is 6.35. The summed E-state index contributed by atoms with van der Waals surface area (Å²) in [6.07, 6.45) is 2.54. The van der Waals surface area contributed by atoms with Crippen molar-refractivity contribution in [2.45, 2.75) is 6.92 Å². The molecule has 138 valence electrons. The van der Waals surface area contributed by atoms with Crippen molar-refractivity contribution in [3.8, 4) is 5.75 Å². The molecule has 0 aliphatic heterocycles. The van der Waals surface area contributed by atoms with Gasteiger partial charge in [-0.25, -0.2) is 13.8 Å². The van der Waals surface area contributed by atoms with Crippen LogP contribution in [0.1, 0.15) is 11.1 Å². The molecule has 0 spiro atoms. The number of anilines is 1. The molecule has 1 amide bonds. The number of nitrogens with one attached hydrogen (secondary N) is 1. The molecule has 0 aromatic heterocycles. The maximum absolute atomic E-state index is 12.1. The van der Waals surface area contributed by atoms with E-state index in [9.17, 15) is 13.2 Å². The van der Waals surface area contributed by atoms with Crippen molar-refractivity contribution >= 4 is 27.8 Å². The van der Waals surface area contributed by atoms with Gasteiger partial charge in [0.25, 0.3) is 5.91 Å². The lowest BCUT2D eigenvalue weighted by molar-refractivity contribution is -0.119. The Morgan fingerprint density at radius 1 is 1.15 bits per heavy atom. The molecule has 0 heterocycles. The molecule has 1 N–H and O–H groups in total. The number of hydrogen-bond acceptors (Lipinski definition) is 5. The monoisotopic (exact) mass is 375 g/mol. The standard InChI is InChI=1S/C18H21N3O4S/c1-14-4-6-15(7-5-14)12-19-20-18(22)13-21(26(3,23)24)16-8-10-17(25-2)11-9-16/h4-12H,13H2,1-3H3,(H,20,22)/b19-12+. The molecule has 0 aliphatic rings. The van der Waals surface area contributed by atoms with Crippen LogP contribution in [0.4, 0.5) is 5.69 Å². The molecule has 0 atom stereocenters. The normalized spacial score (nSPS) is 11.3. The summed E-state index contributed by atoms with van der Waals surface area (Å²) in [5.74, 6) is 0.0453. The zero-order valence-corrected chi connectivity index (χ0v) is 15.7. The summed E-state index contributed by atoms with van der Waals surface area (Å²) >= 11 is 0. The van der Waals surface area contributed by atoms with E-state index in [4.69, 9.17) is 4.74 Å². The second kappa shape index (κ2) is 8.48. The van der Waals surface area contributed by atoms with Crippen molar-refractivity contribution in [2.24, 2.45) is 5.10 Å². The molecular formula is C18H21N3O4S. The lowest BCUT2D eigenvalue weighted by atomic mass is 10.2. The first-order chi connectivity index (χ1) is 12.3. The summed E-state index contributed by atoms with van der Waals surface area (Å²) < 4.78 is 30.1. The number of nitrogens with zero attached hydrogens (tertiary/aromatic N) is 2. The Labute approximate surface area is 153 Å². The van der Waals surface area contributed by atoms with Crippen LogP contribution < -0.4 is 14.5 Å². The van der Waals surface area contributed by atoms with Gasteiger partial charge in [0.15, 0.2) is 0 Å². The van der Waals surface area contributed by atoms with Gasteiger partial charge < -0.3 is 4.74 Å². The van der Waals surface area contributed by atoms with Gasteiger partial charge in [-0.3, -0.25) is 9.10 Å². The molecule has 0 saturated carbocycles. The van der Waals surface area contributed by atoms with Crippen molar-refractivity contribution in [2.75, 3.05) is 24.2 Å². The highest BCUT2D eigenvalue weighted by Crippen LogP contribution is 2.21. The van der Waals surface area contributed by atoms with Crippen LogP contribution in [0.25, 0.3) is 0 Å². The molecule has 26 heavy (non-hydrogen) atoms. The SMILES string of the molecule is COc1ccc(N(CC(=O)N/N=C/c2ccc(C)cc2)S(C)(=O)=O)cc1. The minimum absolute atomic E-state index is 0.367. The average Bonchev–Trinajstić information content (AvgIpc) is 2.60. The van der Waals surface area contributed by atoms with Crippen LogP contribution >= 0.6 is 0 Å². The van der Waals surface area contributed by atoms with Crippen LogP contribution in [0, 0.1) is 6.92 Å². The Morgan fingerprint density at radius 3 is 2.31 bits per heavy atom. The quantitative estimate of drug-likeness (QED) is 0.592. The van der Waals surface area contributed by atoms with Crippen LogP contribution in [-0.4, -0.2) is 40.4 Å². The second-order valence-corrected chi connectivity index (χ2v) is 7.58. The van der Waals surface area contributed by atoms with Crippen molar-refractivity contribution in [3.05, 3.63) is 59.7 Å². The number of rotatable bonds is 7. The van der Waals surface area contributed by atoms with Crippen molar-refractivity contribution in [1.82, 2.24) is 5.43 Å². The molecule has 0 bridgehead atoms. The Morgan fingerprint density at radius 2 is 1.77 bits per heavy atom. The van der Waals surface area contributed by atoms with Gasteiger partial charge in [0.1, 0.15) is 12.3 Å². The summed E-state index contributed by atoms with van der Waals surface area (Å²) in [6, 6.07) is 14.0. The molecule has 0 unspecified atom stereocenters. The van der Waals surface area contributed by atoms with Gasteiger partial charge in [0, 0.05) is 0 Å². The number of aryl methyl sites for hydroxylation is 1. The maximum atomic E-state index is 12.1. The lowest BCUT2D eigenvalue weighted by Gasteiger charge is -2.21. The van der Waals surface area contributed by atoms with Gasteiger partial charge in [0.2, 0.25) is 10.0 Å². The number of sulfonamides is 1. The number of ether oxygens (including phenoxy) is 1. The third kappa shape index (κ3) is 5.59. The number of carbonyl (C=O) groups is 1. The third-order valence-corrected chi connectivity index (χ3v) is 4.67. The maximum Gasteiger partial charge on any atom is 0.260 e. The first-order valence-corrected chi connectivity index (χ1v) is 9.65. The fourth-order valence-electron chi connectivity index (χ4n) is 2.15. The zero-order chi connectivity index (χ0) is 19.2. The molecular weight excluding hydrogens is 354 g/mol. The summed E-state index contributed by atoms with van der Waals surface area (Å²) in [6.45, 7) is 1.60. The number of hydrazone groups is 1. The topological polar surface area (TPSA) is 88.1 Å². The number of carbonyl (C=O) groups excluding carboxylic acids is 1. The summed E-state index contributed by atoms with van der Waals surface area (Å²) in [5, 5.41) is 3.86. The van der Waals surface area contributed by atoms with Gasteiger partial charge in [-0.15, -0.1) is 0 Å². The Hall–Kier alpha value is -2.87. The van der Waals surface area contributed by atoms with Crippen LogP contribution in [0.2, 0.25) is 0 Å². The fraction of sp³-hybridized carbons (Fsp3) is 0.222. The Bertz CT molecular complexity index is 876. The highest BCUT2D eigenvalue weighted by Gasteiger charge is 2.20. The second-order valence-electron chi connectivity index (χ2n) is 5.67. The fourth-order valence-corrected chi connectivity index (χ4v) is 3.00. The van der Waals surface area contributed by atoms with E-state index in [1.807, 2.05) is 31.2 Å². The smallest absolute Gasteiger partial charge is 0.260 e. The van der Waals surface area contributed by atoms with E-state index in [2.05, 4.69) is 10.5 Å². The Balaban J connectivity index is 2.05. The van der Waals surface area contributed by atoms with E-state index in [1.165, 1.54) is 13.3 Å². The van der Waals surface area contributed by atoms with Gasteiger partial charge in [0.05, 0.1) is 25.3 Å². The zero-order valence-electron chi connectivity index (χ0n) is 14.8. The number of benzene rings is 2. The minimum Gasteiger partial charge on any atom is -0.497 e. The molecule has 8 heteroatoms. The van der Waals surface area contributed by atoms with Gasteiger partial charge in [-0.2, -0.15) is 5.10 Å². The highest BCUT2D eigenvalue weighted by molar-refractivity contribution is 7.92. The van der Waals surface area contributed by atoms with Crippen LogP contribution in [0.3, 0.4) is 0 Å². The predicted molar refractivity (Wildman–Crippen MR) is 102 cm³/mol. The number of amides is 1. The van der Waals surface area contributed by atoms with Crippen molar-refractivity contribution in [1.29, 1.82) is 0 Å². The van der Waals surface area contributed by atoms with E-state index in [0.717, 1.165) is 21.7 Å². The van der Waals surface area contributed by atoms with Gasteiger partial charge >= 0.3 is 0 Å². The summed E-state index contributed by atoms with van der Waals surface area (Å²) in [5.41, 5.74) is 4.65. The van der Waals surface area contributed by atoms with Gasteiger partial charge in [-0.05, 0) is 36.8 Å². The van der Waals surface area contributed by atoms with E-state index < -0.39 is 15.9 Å². The molecule has 0 radical (unpaired) electrons. The van der Waals surface area contributed by atoms with Crippen molar-refractivity contribution < 1.29 is 17.9 Å². The minimum atomic E-state index is -3.63. The first kappa shape index (κ1) is 19.5. The summed E-state index contributed by atoms with van der Waals surface area (Å²) in [7, 11) is -2.12. The van der Waals surface area contributed by atoms with Crippen molar-refractivity contribution in [3.63, 3.8) is 0 Å². The van der Waals surface area contributed by atoms with E-state index >= 15 is 0 Å². The number of hydrogen-bond donors (Lipinski definition) is 1. The first-order valence-electron chi connectivity index (χ1n) is 7.80. The molecule has 2 rings (SSSR count). The van der Waals surface area contributed by atoms with Crippen LogP contribution in [0.5, 0.6) is 5.75 Å². The largest absolute Gasteiger partial charge is 0.497 e. The molecule has 7 nitrogen and oxygen atoms in total. The molecule has 0 fully saturated rings. The number of methoxy groups -OCH3 is 1. The highest BCUT2D eigenvalue weighted by atomic mass is 32.2. The molecule has 0 aliphatic carbocycles. The lowest BCUT2D eigenvalue weighted by Crippen LogP contribution is -2.39. The molecule has 2 aromatic rings. The van der Waals surface area contributed by atoms with Gasteiger partial charge in [-0.1, -0.05) is 29.8 Å². The molecule has 2 aromatic carbocycles. The van der Waals surface area contributed by atoms with Crippen LogP contribution in [0.15, 0.2) is 53.6 Å². The third-order valence-electron chi connectivity index (χ3n) is 3.53. The molecule has 0 saturated heterocycles. The van der Waals surface area contributed by atoms with Crippen LogP contribution in [-0.2, 0) is 14.8 Å². The van der Waals surface area contributed by atoms with E-state index in [-0.39, 0.29) is 6.54 Å². The predicted octanol–water partition coefficient (Wildman–Crippen LogP) is 1.92.